The molecule has 2 fully saturated rings. The van der Waals surface area contributed by atoms with Crippen LogP contribution in [0.1, 0.15) is 71.6 Å². The Labute approximate surface area is 136 Å². The second-order valence-corrected chi connectivity index (χ2v) is 9.47. The van der Waals surface area contributed by atoms with E-state index in [0.717, 1.165) is 33.3 Å². The lowest BCUT2D eigenvalue weighted by molar-refractivity contribution is 0.228. The van der Waals surface area contributed by atoms with Gasteiger partial charge in [-0.2, -0.15) is 0 Å². The van der Waals surface area contributed by atoms with Gasteiger partial charge < -0.3 is 0 Å². The topological polar surface area (TPSA) is 0 Å². The van der Waals surface area contributed by atoms with Crippen molar-refractivity contribution in [3.8, 4) is 0 Å². The molecule has 4 atom stereocenters. The van der Waals surface area contributed by atoms with Crippen LogP contribution in [-0.4, -0.2) is 9.65 Å². The van der Waals surface area contributed by atoms with Crippen molar-refractivity contribution in [1.29, 1.82) is 0 Å². The van der Waals surface area contributed by atoms with Gasteiger partial charge in [0.2, 0.25) is 0 Å². The van der Waals surface area contributed by atoms with E-state index in [0.29, 0.717) is 0 Å². The predicted octanol–water partition coefficient (Wildman–Crippen LogP) is 6.56. The van der Waals surface area contributed by atoms with Crippen LogP contribution in [-0.2, 0) is 0 Å². The molecular formula is C17H30Br2. The molecule has 2 saturated carbocycles. The first kappa shape index (κ1) is 16.3. The Morgan fingerprint density at radius 1 is 0.842 bits per heavy atom. The third-order valence-corrected chi connectivity index (χ3v) is 8.14. The average molecular weight is 394 g/mol. The highest BCUT2D eigenvalue weighted by Gasteiger charge is 2.32. The summed E-state index contributed by atoms with van der Waals surface area (Å²) in [6.07, 6.45) is 13.1. The summed E-state index contributed by atoms with van der Waals surface area (Å²) >= 11 is 7.83. The smallest absolute Gasteiger partial charge is 0.0177 e. The van der Waals surface area contributed by atoms with Gasteiger partial charge in [-0.05, 0) is 42.9 Å². The maximum atomic E-state index is 3.95. The lowest BCUT2D eigenvalue weighted by atomic mass is 9.75. The summed E-state index contributed by atoms with van der Waals surface area (Å²) in [7, 11) is 0. The fourth-order valence-corrected chi connectivity index (χ4v) is 5.81. The predicted molar refractivity (Wildman–Crippen MR) is 92.3 cm³/mol. The number of hydrogen-bond donors (Lipinski definition) is 0. The maximum absolute atomic E-state index is 3.95. The Hall–Kier alpha value is 0.960. The van der Waals surface area contributed by atoms with Gasteiger partial charge in [-0.15, -0.1) is 0 Å². The Balaban J connectivity index is 1.70. The summed E-state index contributed by atoms with van der Waals surface area (Å²) in [5.74, 6) is 3.82. The molecule has 0 aromatic heterocycles. The Morgan fingerprint density at radius 3 is 2.11 bits per heavy atom. The van der Waals surface area contributed by atoms with E-state index >= 15 is 0 Å². The summed E-state index contributed by atoms with van der Waals surface area (Å²) < 4.78 is 0. The zero-order valence-corrected chi connectivity index (χ0v) is 15.8. The molecule has 2 heteroatoms. The Morgan fingerprint density at radius 2 is 1.47 bits per heavy atom. The molecule has 0 bridgehead atoms. The minimum atomic E-state index is 0.752. The molecule has 3 unspecified atom stereocenters. The van der Waals surface area contributed by atoms with E-state index in [-0.39, 0.29) is 0 Å². The van der Waals surface area contributed by atoms with E-state index in [1.165, 1.54) is 57.8 Å². The first-order chi connectivity index (χ1) is 9.10. The molecular weight excluding hydrogens is 364 g/mol. The zero-order chi connectivity index (χ0) is 13.8. The molecule has 0 saturated heterocycles. The van der Waals surface area contributed by atoms with E-state index in [2.05, 4.69) is 45.7 Å². The second-order valence-electron chi connectivity index (χ2n) is 7.11. The molecule has 112 valence electrons. The molecule has 2 aliphatic rings. The van der Waals surface area contributed by atoms with Crippen LogP contribution < -0.4 is 0 Å². The van der Waals surface area contributed by atoms with Crippen LogP contribution >= 0.6 is 31.9 Å². The normalized spacial score (nSPS) is 44.2. The van der Waals surface area contributed by atoms with Gasteiger partial charge in [0.05, 0.1) is 0 Å². The van der Waals surface area contributed by atoms with Gasteiger partial charge in [0.25, 0.3) is 0 Å². The summed E-state index contributed by atoms with van der Waals surface area (Å²) in [5, 5.41) is 0. The van der Waals surface area contributed by atoms with Crippen LogP contribution in [0.25, 0.3) is 0 Å². The van der Waals surface area contributed by atoms with Crippen molar-refractivity contribution in [2.24, 2.45) is 23.7 Å². The Kier molecular flexibility index (Phi) is 6.72. The number of alkyl halides is 2. The molecule has 0 aliphatic heterocycles. The third-order valence-electron chi connectivity index (χ3n) is 5.74. The SMILES string of the molecule is CCC1CCC(CCC2C[C@H](Br)C(C)CC2Br)CC1. The lowest BCUT2D eigenvalue weighted by Crippen LogP contribution is -2.31. The van der Waals surface area contributed by atoms with Crippen molar-refractivity contribution in [3.63, 3.8) is 0 Å². The monoisotopic (exact) mass is 392 g/mol. The van der Waals surface area contributed by atoms with Gasteiger partial charge in [0.1, 0.15) is 0 Å². The minimum Gasteiger partial charge on any atom is -0.0888 e. The fraction of sp³-hybridized carbons (Fsp3) is 1.00. The molecule has 0 aromatic rings. The van der Waals surface area contributed by atoms with Crippen LogP contribution in [0.4, 0.5) is 0 Å². The van der Waals surface area contributed by atoms with Crippen molar-refractivity contribution in [2.45, 2.75) is 81.3 Å². The highest BCUT2D eigenvalue weighted by atomic mass is 79.9. The molecule has 2 rings (SSSR count). The van der Waals surface area contributed by atoms with Crippen LogP contribution in [0, 0.1) is 23.7 Å². The molecule has 0 heterocycles. The second kappa shape index (κ2) is 7.82. The number of rotatable bonds is 4. The van der Waals surface area contributed by atoms with Gasteiger partial charge in [-0.3, -0.25) is 0 Å². The van der Waals surface area contributed by atoms with Crippen molar-refractivity contribution >= 4 is 31.9 Å². The molecule has 19 heavy (non-hydrogen) atoms. The van der Waals surface area contributed by atoms with Crippen molar-refractivity contribution in [3.05, 3.63) is 0 Å². The van der Waals surface area contributed by atoms with Crippen molar-refractivity contribution in [1.82, 2.24) is 0 Å². The van der Waals surface area contributed by atoms with Gasteiger partial charge in [-0.1, -0.05) is 84.2 Å². The van der Waals surface area contributed by atoms with E-state index in [1.807, 2.05) is 0 Å². The molecule has 2 aliphatic carbocycles. The molecule has 0 amide bonds. The van der Waals surface area contributed by atoms with E-state index in [9.17, 15) is 0 Å². The van der Waals surface area contributed by atoms with Crippen LogP contribution in [0.5, 0.6) is 0 Å². The molecule has 0 aromatic carbocycles. The first-order valence-corrected chi connectivity index (χ1v) is 10.2. The van der Waals surface area contributed by atoms with Crippen LogP contribution in [0.2, 0.25) is 0 Å². The number of hydrogen-bond acceptors (Lipinski definition) is 0. The standard InChI is InChI=1S/C17H30Br2/c1-3-13-4-6-14(7-5-13)8-9-15-11-16(18)12(2)10-17(15)19/h12-17H,3-11H2,1-2H3/t12?,13?,14?,15?,16-,17?/m0/s1. The quantitative estimate of drug-likeness (QED) is 0.474. The van der Waals surface area contributed by atoms with Crippen molar-refractivity contribution in [2.75, 3.05) is 0 Å². The average Bonchev–Trinajstić information content (AvgIpc) is 2.42. The summed E-state index contributed by atoms with van der Waals surface area (Å²) in [4.78, 5) is 1.52. The first-order valence-electron chi connectivity index (χ1n) is 8.38. The van der Waals surface area contributed by atoms with Crippen molar-refractivity contribution < 1.29 is 0 Å². The minimum absolute atomic E-state index is 0.752. The van der Waals surface area contributed by atoms with Gasteiger partial charge in [0.15, 0.2) is 0 Å². The fourth-order valence-electron chi connectivity index (χ4n) is 4.04. The molecule has 0 radical (unpaired) electrons. The van der Waals surface area contributed by atoms with Gasteiger partial charge >= 0.3 is 0 Å². The van der Waals surface area contributed by atoms with Gasteiger partial charge in [-0.25, -0.2) is 0 Å². The molecule has 0 N–H and O–H groups in total. The summed E-state index contributed by atoms with van der Waals surface area (Å²) in [6.45, 7) is 4.75. The molecule has 0 nitrogen and oxygen atoms in total. The number of halogens is 2. The Bertz CT molecular complexity index is 258. The van der Waals surface area contributed by atoms with E-state index in [4.69, 9.17) is 0 Å². The van der Waals surface area contributed by atoms with E-state index in [1.54, 1.807) is 0 Å². The largest absolute Gasteiger partial charge is 0.0888 e. The maximum Gasteiger partial charge on any atom is 0.0177 e. The third kappa shape index (κ3) is 4.73. The van der Waals surface area contributed by atoms with Crippen LogP contribution in [0.3, 0.4) is 0 Å². The highest BCUT2D eigenvalue weighted by molar-refractivity contribution is 9.10. The summed E-state index contributed by atoms with van der Waals surface area (Å²) in [5.41, 5.74) is 0. The van der Waals surface area contributed by atoms with Gasteiger partial charge in [0, 0.05) is 9.65 Å². The zero-order valence-electron chi connectivity index (χ0n) is 12.6. The van der Waals surface area contributed by atoms with Crippen LogP contribution in [0.15, 0.2) is 0 Å². The molecule has 0 spiro atoms. The lowest BCUT2D eigenvalue weighted by Gasteiger charge is -2.36. The summed E-state index contributed by atoms with van der Waals surface area (Å²) in [6, 6.07) is 0. The highest BCUT2D eigenvalue weighted by Crippen LogP contribution is 2.41. The van der Waals surface area contributed by atoms with E-state index < -0.39 is 0 Å².